The Bertz CT molecular complexity index is 841. The van der Waals surface area contributed by atoms with Crippen LogP contribution in [0, 0.1) is 0 Å². The van der Waals surface area contributed by atoms with E-state index in [-0.39, 0.29) is 5.91 Å². The molecule has 4 rings (SSSR count). The maximum Gasteiger partial charge on any atom is 0.269 e. The summed E-state index contributed by atoms with van der Waals surface area (Å²) in [5.74, 6) is 0.259. The molecule has 1 aromatic carbocycles. The number of methoxy groups -OCH3 is 1. The predicted octanol–water partition coefficient (Wildman–Crippen LogP) is 2.41. The number of benzene rings is 1. The molecular formula is C22H27N3O4. The number of carbonyl (C=O) groups excluding carboxylic acids is 1. The van der Waals surface area contributed by atoms with Gasteiger partial charge in [0.15, 0.2) is 5.79 Å². The summed E-state index contributed by atoms with van der Waals surface area (Å²) < 4.78 is 16.8. The monoisotopic (exact) mass is 397 g/mol. The maximum absolute atomic E-state index is 12.5. The number of nitrogens with zero attached hydrogens (tertiary/aromatic N) is 2. The second-order valence-electron chi connectivity index (χ2n) is 7.35. The van der Waals surface area contributed by atoms with Crippen LogP contribution >= 0.6 is 0 Å². The van der Waals surface area contributed by atoms with Crippen molar-refractivity contribution in [3.63, 3.8) is 0 Å². The zero-order chi connectivity index (χ0) is 20.1. The number of amides is 1. The highest BCUT2D eigenvalue weighted by molar-refractivity contribution is 5.93. The number of ether oxygens (including phenoxy) is 3. The van der Waals surface area contributed by atoms with E-state index < -0.39 is 5.79 Å². The van der Waals surface area contributed by atoms with Crippen molar-refractivity contribution in [3.05, 3.63) is 53.9 Å². The highest BCUT2D eigenvalue weighted by Crippen LogP contribution is 2.33. The number of carbonyl (C=O) groups is 1. The molecule has 3 heterocycles. The first-order valence-corrected chi connectivity index (χ1v) is 10.1. The van der Waals surface area contributed by atoms with Crippen LogP contribution < -0.4 is 15.0 Å². The summed E-state index contributed by atoms with van der Waals surface area (Å²) in [4.78, 5) is 19.0. The highest BCUT2D eigenvalue weighted by atomic mass is 16.7. The van der Waals surface area contributed by atoms with Gasteiger partial charge in [-0.15, -0.1) is 0 Å². The number of hydrogen-bond acceptors (Lipinski definition) is 6. The number of aromatic nitrogens is 1. The summed E-state index contributed by atoms with van der Waals surface area (Å²) in [6.07, 6.45) is 4.09. The van der Waals surface area contributed by atoms with Gasteiger partial charge < -0.3 is 24.4 Å². The van der Waals surface area contributed by atoms with Crippen LogP contribution in [0.15, 0.2) is 42.6 Å². The summed E-state index contributed by atoms with van der Waals surface area (Å²) >= 11 is 0. The van der Waals surface area contributed by atoms with E-state index in [0.717, 1.165) is 49.4 Å². The van der Waals surface area contributed by atoms with E-state index in [1.165, 1.54) is 0 Å². The minimum Gasteiger partial charge on any atom is -0.497 e. The number of pyridine rings is 1. The van der Waals surface area contributed by atoms with E-state index in [0.29, 0.717) is 25.5 Å². The maximum atomic E-state index is 12.5. The first-order chi connectivity index (χ1) is 14.2. The van der Waals surface area contributed by atoms with Gasteiger partial charge in [0.1, 0.15) is 11.4 Å². The fourth-order valence-corrected chi connectivity index (χ4v) is 3.87. The van der Waals surface area contributed by atoms with Gasteiger partial charge in [0.05, 0.1) is 20.3 Å². The zero-order valence-electron chi connectivity index (χ0n) is 16.7. The molecule has 7 nitrogen and oxygen atoms in total. The van der Waals surface area contributed by atoms with Gasteiger partial charge in [-0.05, 0) is 36.2 Å². The first kappa shape index (κ1) is 19.7. The summed E-state index contributed by atoms with van der Waals surface area (Å²) in [5.41, 5.74) is 2.55. The molecule has 2 aromatic rings. The molecule has 154 valence electrons. The second-order valence-corrected chi connectivity index (χ2v) is 7.35. The number of nitrogens with one attached hydrogen (secondary N) is 1. The molecule has 29 heavy (non-hydrogen) atoms. The van der Waals surface area contributed by atoms with E-state index in [1.54, 1.807) is 13.3 Å². The largest absolute Gasteiger partial charge is 0.497 e. The van der Waals surface area contributed by atoms with Gasteiger partial charge in [-0.3, -0.25) is 9.78 Å². The molecule has 0 unspecified atom stereocenters. The minimum atomic E-state index is -0.399. The highest BCUT2D eigenvalue weighted by Gasteiger charge is 2.39. The molecule has 0 aliphatic carbocycles. The van der Waals surface area contributed by atoms with Gasteiger partial charge in [-0.1, -0.05) is 12.1 Å². The Morgan fingerprint density at radius 3 is 2.76 bits per heavy atom. The lowest BCUT2D eigenvalue weighted by Crippen LogP contribution is -2.45. The van der Waals surface area contributed by atoms with Crippen LogP contribution in [0.25, 0.3) is 0 Å². The summed E-state index contributed by atoms with van der Waals surface area (Å²) in [6.45, 7) is 3.56. The number of anilines is 1. The molecule has 0 atom stereocenters. The fourth-order valence-electron chi connectivity index (χ4n) is 3.87. The second kappa shape index (κ2) is 8.80. The van der Waals surface area contributed by atoms with Crippen molar-refractivity contribution in [2.24, 2.45) is 0 Å². The quantitative estimate of drug-likeness (QED) is 0.807. The number of rotatable bonds is 6. The van der Waals surface area contributed by atoms with Gasteiger partial charge in [0.2, 0.25) is 0 Å². The van der Waals surface area contributed by atoms with Crippen molar-refractivity contribution in [2.45, 2.75) is 25.0 Å². The molecule has 1 spiro atoms. The van der Waals surface area contributed by atoms with E-state index in [4.69, 9.17) is 14.2 Å². The van der Waals surface area contributed by atoms with Crippen molar-refractivity contribution < 1.29 is 19.0 Å². The molecule has 1 aromatic heterocycles. The lowest BCUT2D eigenvalue weighted by atomic mass is 10.0. The van der Waals surface area contributed by atoms with E-state index in [9.17, 15) is 4.79 Å². The van der Waals surface area contributed by atoms with E-state index >= 15 is 0 Å². The van der Waals surface area contributed by atoms with Crippen LogP contribution in [0.1, 0.15) is 28.9 Å². The topological polar surface area (TPSA) is 72.9 Å². The van der Waals surface area contributed by atoms with Crippen molar-refractivity contribution in [2.75, 3.05) is 44.9 Å². The summed E-state index contributed by atoms with van der Waals surface area (Å²) in [6, 6.07) is 11.7. The fraction of sp³-hybridized carbons (Fsp3) is 0.455. The molecule has 7 heteroatoms. The molecule has 1 amide bonds. The third kappa shape index (κ3) is 4.68. The van der Waals surface area contributed by atoms with Crippen LogP contribution in [-0.4, -0.2) is 56.6 Å². The SMILES string of the molecule is COc1cccc(CCNC(=O)c2cc(N3CCC4(CC3)OCCO4)ccn2)c1. The zero-order valence-corrected chi connectivity index (χ0v) is 16.7. The first-order valence-electron chi connectivity index (χ1n) is 10.1. The molecule has 2 aliphatic rings. The average molecular weight is 397 g/mol. The predicted molar refractivity (Wildman–Crippen MR) is 109 cm³/mol. The van der Waals surface area contributed by atoms with Gasteiger partial charge >= 0.3 is 0 Å². The Labute approximate surface area is 171 Å². The summed E-state index contributed by atoms with van der Waals surface area (Å²) in [5, 5.41) is 2.95. The van der Waals surface area contributed by atoms with Gasteiger partial charge in [0.25, 0.3) is 5.91 Å². The molecule has 0 radical (unpaired) electrons. The van der Waals surface area contributed by atoms with Crippen molar-refractivity contribution in [1.29, 1.82) is 0 Å². The molecule has 1 N–H and O–H groups in total. The van der Waals surface area contributed by atoms with E-state index in [1.807, 2.05) is 36.4 Å². The Hall–Kier alpha value is -2.64. The van der Waals surface area contributed by atoms with Crippen molar-refractivity contribution in [3.8, 4) is 5.75 Å². The minimum absolute atomic E-state index is 0.161. The van der Waals surface area contributed by atoms with Crippen molar-refractivity contribution in [1.82, 2.24) is 10.3 Å². The smallest absolute Gasteiger partial charge is 0.269 e. The molecule has 0 saturated carbocycles. The number of hydrogen-bond donors (Lipinski definition) is 1. The van der Waals surface area contributed by atoms with Gasteiger partial charge in [-0.25, -0.2) is 0 Å². The standard InChI is InChI=1S/C22H27N3O4/c1-27-19-4-2-3-17(15-19)5-9-24-21(26)20-16-18(6-10-23-20)25-11-7-22(8-12-25)28-13-14-29-22/h2-4,6,10,15-16H,5,7-9,11-14H2,1H3,(H,24,26). The Morgan fingerprint density at radius 1 is 1.21 bits per heavy atom. The Kier molecular flexibility index (Phi) is 5.97. The third-order valence-electron chi connectivity index (χ3n) is 5.51. The molecule has 2 saturated heterocycles. The average Bonchev–Trinajstić information content (AvgIpc) is 3.22. The Balaban J connectivity index is 1.31. The molecule has 0 bridgehead atoms. The van der Waals surface area contributed by atoms with Gasteiger partial charge in [0, 0.05) is 44.4 Å². The van der Waals surface area contributed by atoms with Crippen LogP contribution in [-0.2, 0) is 15.9 Å². The van der Waals surface area contributed by atoms with Gasteiger partial charge in [-0.2, -0.15) is 0 Å². The lowest BCUT2D eigenvalue weighted by molar-refractivity contribution is -0.169. The summed E-state index contributed by atoms with van der Waals surface area (Å²) in [7, 11) is 1.65. The van der Waals surface area contributed by atoms with Crippen molar-refractivity contribution >= 4 is 11.6 Å². The lowest BCUT2D eigenvalue weighted by Gasteiger charge is -2.38. The molecule has 2 aliphatic heterocycles. The normalized spacial score (nSPS) is 18.0. The van der Waals surface area contributed by atoms with Crippen LogP contribution in [0.3, 0.4) is 0 Å². The Morgan fingerprint density at radius 2 is 2.00 bits per heavy atom. The number of piperidine rings is 1. The third-order valence-corrected chi connectivity index (χ3v) is 5.51. The van der Waals surface area contributed by atoms with Crippen LogP contribution in [0.4, 0.5) is 5.69 Å². The van der Waals surface area contributed by atoms with E-state index in [2.05, 4.69) is 15.2 Å². The molecular weight excluding hydrogens is 370 g/mol. The molecule has 2 fully saturated rings. The van der Waals surface area contributed by atoms with Crippen LogP contribution in [0.2, 0.25) is 0 Å². The van der Waals surface area contributed by atoms with Crippen LogP contribution in [0.5, 0.6) is 5.75 Å².